The maximum atomic E-state index is 8.78. The summed E-state index contributed by atoms with van der Waals surface area (Å²) in [5.41, 5.74) is 5.84. The first-order chi connectivity index (χ1) is 5.63. The average Bonchev–Trinajstić information content (AvgIpc) is 2.03. The first-order valence-electron chi connectivity index (χ1n) is 4.52. The second-order valence-corrected chi connectivity index (χ2v) is 3.87. The van der Waals surface area contributed by atoms with Crippen molar-refractivity contribution in [3.05, 3.63) is 0 Å². The number of nitrogens with two attached hydrogens (primary N) is 1. The molecule has 12 heavy (non-hydrogen) atoms. The van der Waals surface area contributed by atoms with E-state index < -0.39 is 0 Å². The Morgan fingerprint density at radius 3 is 2.67 bits per heavy atom. The molecule has 1 aliphatic heterocycles. The van der Waals surface area contributed by atoms with Gasteiger partial charge in [-0.1, -0.05) is 0 Å². The predicted molar refractivity (Wildman–Crippen MR) is 48.4 cm³/mol. The average molecular weight is 167 g/mol. The Labute approximate surface area is 74.1 Å². The van der Waals surface area contributed by atoms with Gasteiger partial charge >= 0.3 is 0 Å². The maximum Gasteiger partial charge on any atom is 0.0669 e. The molecule has 0 radical (unpaired) electrons. The highest BCUT2D eigenvalue weighted by Crippen LogP contribution is 2.16. The van der Waals surface area contributed by atoms with Crippen molar-refractivity contribution in [1.29, 1.82) is 5.26 Å². The summed E-state index contributed by atoms with van der Waals surface area (Å²) in [5, 5.41) is 8.78. The van der Waals surface area contributed by atoms with Crippen LogP contribution in [0.3, 0.4) is 0 Å². The van der Waals surface area contributed by atoms with Crippen LogP contribution >= 0.6 is 0 Å². The van der Waals surface area contributed by atoms with E-state index in [0.29, 0.717) is 6.04 Å². The standard InChI is InChI=1S/C9H17N3/c1-7(2)12-5-8(4-10)3-9(11)6-12/h7-9H,3,5-6,11H2,1-2H3. The second-order valence-electron chi connectivity index (χ2n) is 3.87. The molecule has 0 aromatic carbocycles. The molecule has 0 aromatic heterocycles. The number of hydrogen-bond donors (Lipinski definition) is 1. The lowest BCUT2D eigenvalue weighted by molar-refractivity contribution is 0.145. The van der Waals surface area contributed by atoms with Crippen LogP contribution in [0, 0.1) is 17.2 Å². The Balaban J connectivity index is 2.52. The van der Waals surface area contributed by atoms with Gasteiger partial charge in [0.05, 0.1) is 12.0 Å². The number of piperidine rings is 1. The number of nitrogens with zero attached hydrogens (tertiary/aromatic N) is 2. The van der Waals surface area contributed by atoms with Crippen molar-refractivity contribution in [3.8, 4) is 6.07 Å². The second kappa shape index (κ2) is 3.88. The minimum Gasteiger partial charge on any atom is -0.326 e. The summed E-state index contributed by atoms with van der Waals surface area (Å²) in [6.45, 7) is 6.12. The van der Waals surface area contributed by atoms with Crippen LogP contribution in [-0.4, -0.2) is 30.1 Å². The van der Waals surface area contributed by atoms with Gasteiger partial charge in [0.25, 0.3) is 0 Å². The molecule has 0 spiro atoms. The van der Waals surface area contributed by atoms with Gasteiger partial charge < -0.3 is 5.73 Å². The molecule has 3 heteroatoms. The van der Waals surface area contributed by atoms with E-state index in [-0.39, 0.29) is 12.0 Å². The minimum atomic E-state index is 0.135. The molecule has 0 bridgehead atoms. The topological polar surface area (TPSA) is 53.0 Å². The van der Waals surface area contributed by atoms with Gasteiger partial charge in [0, 0.05) is 25.2 Å². The molecular weight excluding hydrogens is 150 g/mol. The van der Waals surface area contributed by atoms with E-state index in [2.05, 4.69) is 24.8 Å². The van der Waals surface area contributed by atoms with Crippen LogP contribution in [0.15, 0.2) is 0 Å². The Kier molecular flexibility index (Phi) is 3.07. The fourth-order valence-electron chi connectivity index (χ4n) is 1.69. The Morgan fingerprint density at radius 1 is 1.50 bits per heavy atom. The maximum absolute atomic E-state index is 8.78. The fraction of sp³-hybridized carbons (Fsp3) is 0.889. The molecular formula is C9H17N3. The molecule has 2 unspecified atom stereocenters. The quantitative estimate of drug-likeness (QED) is 0.621. The van der Waals surface area contributed by atoms with E-state index in [9.17, 15) is 0 Å². The molecule has 1 saturated heterocycles. The Morgan fingerprint density at radius 2 is 2.17 bits per heavy atom. The van der Waals surface area contributed by atoms with Gasteiger partial charge in [-0.15, -0.1) is 0 Å². The Hall–Kier alpha value is -0.590. The zero-order valence-corrected chi connectivity index (χ0v) is 7.83. The molecule has 1 heterocycles. The Bertz CT molecular complexity index is 183. The first kappa shape index (κ1) is 9.50. The van der Waals surface area contributed by atoms with Crippen molar-refractivity contribution < 1.29 is 0 Å². The van der Waals surface area contributed by atoms with Crippen LogP contribution in [0.5, 0.6) is 0 Å². The largest absolute Gasteiger partial charge is 0.326 e. The van der Waals surface area contributed by atoms with Crippen LogP contribution in [0.1, 0.15) is 20.3 Å². The summed E-state index contributed by atoms with van der Waals surface area (Å²) in [4.78, 5) is 2.28. The van der Waals surface area contributed by atoms with Gasteiger partial charge in [-0.2, -0.15) is 5.26 Å². The van der Waals surface area contributed by atoms with Crippen LogP contribution in [0.4, 0.5) is 0 Å². The van der Waals surface area contributed by atoms with Gasteiger partial charge in [0.2, 0.25) is 0 Å². The molecule has 2 atom stereocenters. The minimum absolute atomic E-state index is 0.135. The lowest BCUT2D eigenvalue weighted by Gasteiger charge is -2.36. The first-order valence-corrected chi connectivity index (χ1v) is 4.52. The molecule has 2 N–H and O–H groups in total. The molecule has 68 valence electrons. The third-order valence-electron chi connectivity index (χ3n) is 2.42. The normalized spacial score (nSPS) is 31.9. The summed E-state index contributed by atoms with van der Waals surface area (Å²) in [5.74, 6) is 0.135. The van der Waals surface area contributed by atoms with Crippen LogP contribution in [-0.2, 0) is 0 Å². The van der Waals surface area contributed by atoms with Gasteiger partial charge in [-0.05, 0) is 20.3 Å². The lowest BCUT2D eigenvalue weighted by atomic mass is 9.95. The SMILES string of the molecule is CC(C)N1CC(N)CC(C#N)C1. The van der Waals surface area contributed by atoms with Crippen molar-refractivity contribution in [2.75, 3.05) is 13.1 Å². The van der Waals surface area contributed by atoms with Crippen molar-refractivity contribution in [1.82, 2.24) is 4.90 Å². The molecule has 1 aliphatic rings. The highest BCUT2D eigenvalue weighted by Gasteiger charge is 2.25. The highest BCUT2D eigenvalue weighted by atomic mass is 15.2. The third-order valence-corrected chi connectivity index (χ3v) is 2.42. The number of likely N-dealkylation sites (tertiary alicyclic amines) is 1. The van der Waals surface area contributed by atoms with E-state index in [1.54, 1.807) is 0 Å². The van der Waals surface area contributed by atoms with Gasteiger partial charge in [0.1, 0.15) is 0 Å². The molecule has 3 nitrogen and oxygen atoms in total. The van der Waals surface area contributed by atoms with Crippen LogP contribution in [0.2, 0.25) is 0 Å². The van der Waals surface area contributed by atoms with Crippen molar-refractivity contribution >= 4 is 0 Å². The molecule has 1 rings (SSSR count). The summed E-state index contributed by atoms with van der Waals surface area (Å²) in [7, 11) is 0. The highest BCUT2D eigenvalue weighted by molar-refractivity contribution is 4.93. The molecule has 0 aliphatic carbocycles. The van der Waals surface area contributed by atoms with Crippen molar-refractivity contribution in [3.63, 3.8) is 0 Å². The number of rotatable bonds is 1. The fourth-order valence-corrected chi connectivity index (χ4v) is 1.69. The van der Waals surface area contributed by atoms with Crippen LogP contribution in [0.25, 0.3) is 0 Å². The van der Waals surface area contributed by atoms with Crippen LogP contribution < -0.4 is 5.73 Å². The van der Waals surface area contributed by atoms with Gasteiger partial charge in [0.15, 0.2) is 0 Å². The number of nitriles is 1. The predicted octanol–water partition coefficient (Wildman–Crippen LogP) is 0.568. The van der Waals surface area contributed by atoms with Crippen molar-refractivity contribution in [2.24, 2.45) is 11.7 Å². The summed E-state index contributed by atoms with van der Waals surface area (Å²) >= 11 is 0. The van der Waals surface area contributed by atoms with E-state index in [0.717, 1.165) is 19.5 Å². The zero-order chi connectivity index (χ0) is 9.14. The van der Waals surface area contributed by atoms with E-state index in [1.807, 2.05) is 0 Å². The third kappa shape index (κ3) is 2.20. The van der Waals surface area contributed by atoms with Crippen molar-refractivity contribution in [2.45, 2.75) is 32.4 Å². The van der Waals surface area contributed by atoms with Gasteiger partial charge in [-0.3, -0.25) is 4.90 Å². The molecule has 0 amide bonds. The van der Waals surface area contributed by atoms with E-state index in [4.69, 9.17) is 11.0 Å². The summed E-state index contributed by atoms with van der Waals surface area (Å²) in [6.07, 6.45) is 0.861. The summed E-state index contributed by atoms with van der Waals surface area (Å²) < 4.78 is 0. The lowest BCUT2D eigenvalue weighted by Crippen LogP contribution is -2.49. The summed E-state index contributed by atoms with van der Waals surface area (Å²) in [6, 6.07) is 2.99. The van der Waals surface area contributed by atoms with Gasteiger partial charge in [-0.25, -0.2) is 0 Å². The number of hydrogen-bond acceptors (Lipinski definition) is 3. The molecule has 0 saturated carbocycles. The molecule has 1 fully saturated rings. The van der Waals surface area contributed by atoms with E-state index in [1.165, 1.54) is 0 Å². The smallest absolute Gasteiger partial charge is 0.0669 e. The molecule has 0 aromatic rings. The van der Waals surface area contributed by atoms with E-state index >= 15 is 0 Å². The monoisotopic (exact) mass is 167 g/mol. The zero-order valence-electron chi connectivity index (χ0n) is 7.83.